The highest BCUT2D eigenvalue weighted by Gasteiger charge is 2.22. The van der Waals surface area contributed by atoms with Gasteiger partial charge in [-0.1, -0.05) is 0 Å². The monoisotopic (exact) mass is 252 g/mol. The molecule has 4 nitrogen and oxygen atoms in total. The van der Waals surface area contributed by atoms with Gasteiger partial charge in [-0.2, -0.15) is 0 Å². The zero-order valence-corrected chi connectivity index (χ0v) is 10.1. The minimum atomic E-state index is -0.778. The van der Waals surface area contributed by atoms with Gasteiger partial charge in [-0.05, 0) is 30.7 Å². The number of carboxylic acids is 1. The maximum Gasteiger partial charge on any atom is 0.303 e. The maximum atomic E-state index is 12.9. The lowest BCUT2D eigenvalue weighted by molar-refractivity contribution is -0.137. The van der Waals surface area contributed by atoms with Crippen LogP contribution in [0.5, 0.6) is 0 Å². The van der Waals surface area contributed by atoms with Crippen molar-refractivity contribution in [3.63, 3.8) is 0 Å². The summed E-state index contributed by atoms with van der Waals surface area (Å²) in [6.45, 7) is 2.45. The van der Waals surface area contributed by atoms with Crippen LogP contribution in [0.2, 0.25) is 0 Å². The molecule has 0 amide bonds. The van der Waals surface area contributed by atoms with E-state index in [-0.39, 0.29) is 18.3 Å². The highest BCUT2D eigenvalue weighted by Crippen LogP contribution is 2.21. The van der Waals surface area contributed by atoms with Gasteiger partial charge in [0.1, 0.15) is 5.82 Å². The van der Waals surface area contributed by atoms with E-state index < -0.39 is 5.97 Å². The third kappa shape index (κ3) is 3.20. The average molecular weight is 252 g/mol. The van der Waals surface area contributed by atoms with Gasteiger partial charge in [0.05, 0.1) is 0 Å². The smallest absolute Gasteiger partial charge is 0.303 e. The summed E-state index contributed by atoms with van der Waals surface area (Å²) < 4.78 is 12.9. The molecule has 1 aliphatic heterocycles. The first kappa shape index (κ1) is 12.8. The molecule has 0 aromatic heterocycles. The number of halogens is 1. The first-order chi connectivity index (χ1) is 8.66. The van der Waals surface area contributed by atoms with E-state index in [1.807, 2.05) is 0 Å². The van der Waals surface area contributed by atoms with Gasteiger partial charge in [-0.3, -0.25) is 4.79 Å². The molecule has 98 valence electrons. The molecule has 1 aromatic carbocycles. The molecule has 18 heavy (non-hydrogen) atoms. The summed E-state index contributed by atoms with van der Waals surface area (Å²) in [7, 11) is 0. The van der Waals surface area contributed by atoms with E-state index in [1.165, 1.54) is 12.1 Å². The van der Waals surface area contributed by atoms with E-state index in [2.05, 4.69) is 10.2 Å². The molecule has 1 unspecified atom stereocenters. The highest BCUT2D eigenvalue weighted by molar-refractivity contribution is 5.66. The Morgan fingerprint density at radius 2 is 2.17 bits per heavy atom. The van der Waals surface area contributed by atoms with Gasteiger partial charge in [0.25, 0.3) is 0 Å². The summed E-state index contributed by atoms with van der Waals surface area (Å²) >= 11 is 0. The van der Waals surface area contributed by atoms with Crippen LogP contribution in [0, 0.1) is 5.82 Å². The molecule has 1 aromatic rings. The standard InChI is InChI=1S/C13H17FN2O2/c14-10-1-3-11(4-2-10)16-8-7-15-9-12(16)5-6-13(17)18/h1-4,12,15H,5-9H2,(H,17,18). The number of aliphatic carboxylic acids is 1. The van der Waals surface area contributed by atoms with Crippen molar-refractivity contribution in [2.75, 3.05) is 24.5 Å². The predicted molar refractivity (Wildman–Crippen MR) is 67.3 cm³/mol. The molecule has 1 saturated heterocycles. The summed E-state index contributed by atoms with van der Waals surface area (Å²) in [5.41, 5.74) is 0.952. The van der Waals surface area contributed by atoms with Crippen LogP contribution in [0.25, 0.3) is 0 Å². The minimum Gasteiger partial charge on any atom is -0.481 e. The fourth-order valence-electron chi connectivity index (χ4n) is 2.28. The number of hydrogen-bond acceptors (Lipinski definition) is 3. The third-order valence-electron chi connectivity index (χ3n) is 3.20. The number of carboxylic acid groups (broad SMARTS) is 1. The number of hydrogen-bond donors (Lipinski definition) is 2. The molecule has 0 saturated carbocycles. The molecule has 2 rings (SSSR count). The van der Waals surface area contributed by atoms with Crippen molar-refractivity contribution in [1.29, 1.82) is 0 Å². The molecule has 0 radical (unpaired) electrons. The van der Waals surface area contributed by atoms with Gasteiger partial charge < -0.3 is 15.3 Å². The minimum absolute atomic E-state index is 0.153. The van der Waals surface area contributed by atoms with E-state index in [0.717, 1.165) is 25.3 Å². The van der Waals surface area contributed by atoms with Crippen molar-refractivity contribution in [1.82, 2.24) is 5.32 Å². The summed E-state index contributed by atoms with van der Waals surface area (Å²) in [6, 6.07) is 6.51. The van der Waals surface area contributed by atoms with E-state index in [9.17, 15) is 9.18 Å². The zero-order valence-electron chi connectivity index (χ0n) is 10.1. The molecule has 1 aliphatic rings. The Labute approximate surface area is 105 Å². The van der Waals surface area contributed by atoms with Crippen LogP contribution in [0.3, 0.4) is 0 Å². The number of piperazine rings is 1. The van der Waals surface area contributed by atoms with Gasteiger partial charge in [0.15, 0.2) is 0 Å². The summed E-state index contributed by atoms with van der Waals surface area (Å²) in [6.07, 6.45) is 0.754. The number of nitrogens with zero attached hydrogens (tertiary/aromatic N) is 1. The topological polar surface area (TPSA) is 52.6 Å². The Bertz CT molecular complexity index is 408. The van der Waals surface area contributed by atoms with Gasteiger partial charge in [0, 0.05) is 37.8 Å². The number of carbonyl (C=O) groups is 1. The van der Waals surface area contributed by atoms with Crippen LogP contribution in [-0.4, -0.2) is 36.8 Å². The Balaban J connectivity index is 2.07. The van der Waals surface area contributed by atoms with E-state index in [4.69, 9.17) is 5.11 Å². The Morgan fingerprint density at radius 1 is 1.44 bits per heavy atom. The molecule has 1 atom stereocenters. The van der Waals surface area contributed by atoms with Crippen molar-refractivity contribution >= 4 is 11.7 Å². The van der Waals surface area contributed by atoms with Crippen molar-refractivity contribution in [2.45, 2.75) is 18.9 Å². The lowest BCUT2D eigenvalue weighted by atomic mass is 10.1. The van der Waals surface area contributed by atoms with Gasteiger partial charge in [0.2, 0.25) is 0 Å². The van der Waals surface area contributed by atoms with Gasteiger partial charge in [-0.15, -0.1) is 0 Å². The quantitative estimate of drug-likeness (QED) is 0.852. The van der Waals surface area contributed by atoms with Crippen molar-refractivity contribution < 1.29 is 14.3 Å². The van der Waals surface area contributed by atoms with Crippen LogP contribution in [0.4, 0.5) is 10.1 Å². The van der Waals surface area contributed by atoms with Gasteiger partial charge in [-0.25, -0.2) is 4.39 Å². The fraction of sp³-hybridized carbons (Fsp3) is 0.462. The zero-order chi connectivity index (χ0) is 13.0. The number of rotatable bonds is 4. The fourth-order valence-corrected chi connectivity index (χ4v) is 2.28. The van der Waals surface area contributed by atoms with Crippen molar-refractivity contribution in [3.05, 3.63) is 30.1 Å². The van der Waals surface area contributed by atoms with Crippen molar-refractivity contribution in [3.8, 4) is 0 Å². The molecular weight excluding hydrogens is 235 g/mol. The van der Waals surface area contributed by atoms with Crippen LogP contribution in [0.1, 0.15) is 12.8 Å². The van der Waals surface area contributed by atoms with Crippen LogP contribution < -0.4 is 10.2 Å². The molecule has 0 spiro atoms. The Hall–Kier alpha value is -1.62. The second kappa shape index (κ2) is 5.82. The second-order valence-electron chi connectivity index (χ2n) is 4.46. The lowest BCUT2D eigenvalue weighted by Crippen LogP contribution is -2.51. The Morgan fingerprint density at radius 3 is 2.83 bits per heavy atom. The molecule has 0 aliphatic carbocycles. The maximum absolute atomic E-state index is 12.9. The highest BCUT2D eigenvalue weighted by atomic mass is 19.1. The van der Waals surface area contributed by atoms with Gasteiger partial charge >= 0.3 is 5.97 Å². The Kier molecular flexibility index (Phi) is 4.15. The predicted octanol–water partition coefficient (Wildman–Crippen LogP) is 1.47. The SMILES string of the molecule is O=C(O)CCC1CNCCN1c1ccc(F)cc1. The van der Waals surface area contributed by atoms with E-state index >= 15 is 0 Å². The summed E-state index contributed by atoms with van der Waals surface area (Å²) in [5.74, 6) is -1.03. The normalized spacial score (nSPS) is 19.8. The first-order valence-electron chi connectivity index (χ1n) is 6.11. The summed E-state index contributed by atoms with van der Waals surface area (Å²) in [5, 5.41) is 12.0. The van der Waals surface area contributed by atoms with Crippen molar-refractivity contribution in [2.24, 2.45) is 0 Å². The number of anilines is 1. The average Bonchev–Trinajstić information content (AvgIpc) is 2.38. The van der Waals surface area contributed by atoms with E-state index in [0.29, 0.717) is 6.42 Å². The van der Waals surface area contributed by atoms with Crippen LogP contribution >= 0.6 is 0 Å². The van der Waals surface area contributed by atoms with Crippen LogP contribution in [0.15, 0.2) is 24.3 Å². The first-order valence-corrected chi connectivity index (χ1v) is 6.11. The second-order valence-corrected chi connectivity index (χ2v) is 4.46. The molecule has 1 fully saturated rings. The number of benzene rings is 1. The molecule has 0 bridgehead atoms. The molecule has 5 heteroatoms. The summed E-state index contributed by atoms with van der Waals surface area (Å²) in [4.78, 5) is 12.8. The lowest BCUT2D eigenvalue weighted by Gasteiger charge is -2.38. The molecular formula is C13H17FN2O2. The number of nitrogens with one attached hydrogen (secondary N) is 1. The van der Waals surface area contributed by atoms with Crippen LogP contribution in [-0.2, 0) is 4.79 Å². The molecule has 1 heterocycles. The molecule has 2 N–H and O–H groups in total. The van der Waals surface area contributed by atoms with E-state index in [1.54, 1.807) is 12.1 Å². The third-order valence-corrected chi connectivity index (χ3v) is 3.20. The largest absolute Gasteiger partial charge is 0.481 e.